The second-order valence-corrected chi connectivity index (χ2v) is 5.02. The smallest absolute Gasteiger partial charge is 0.311 e. The zero-order valence-electron chi connectivity index (χ0n) is 9.39. The Kier molecular flexibility index (Phi) is 3.58. The summed E-state index contributed by atoms with van der Waals surface area (Å²) in [4.78, 5) is 16.5. The molecule has 0 aliphatic carbocycles. The third kappa shape index (κ3) is 2.73. The molecule has 6 nitrogen and oxygen atoms in total. The molecule has 7 heteroatoms. The molecule has 17 heavy (non-hydrogen) atoms. The molecule has 1 N–H and O–H groups in total. The Morgan fingerprint density at radius 3 is 3.00 bits per heavy atom. The van der Waals surface area contributed by atoms with E-state index in [2.05, 4.69) is 31.1 Å². The molecule has 0 aromatic carbocycles. The third-order valence-corrected chi connectivity index (χ3v) is 3.42. The van der Waals surface area contributed by atoms with Crippen molar-refractivity contribution in [3.8, 4) is 0 Å². The van der Waals surface area contributed by atoms with E-state index in [4.69, 9.17) is 0 Å². The molecule has 2 heterocycles. The van der Waals surface area contributed by atoms with E-state index in [0.717, 1.165) is 19.5 Å². The number of halogens is 1. The Morgan fingerprint density at radius 1 is 1.65 bits per heavy atom. The standard InChI is InChI=1S/C10H13BrN4O2/c1-14-3-2-7(6-14)13-10-8(11)4-12-5-9(10)15(16)17/h4-5,7H,2-3,6H2,1H3,(H,12,13). The summed E-state index contributed by atoms with van der Waals surface area (Å²) < 4.78 is 0.626. The van der Waals surface area contributed by atoms with Gasteiger partial charge in [-0.15, -0.1) is 0 Å². The molecule has 0 amide bonds. The minimum atomic E-state index is -0.418. The minimum Gasteiger partial charge on any atom is -0.374 e. The van der Waals surface area contributed by atoms with Crippen molar-refractivity contribution < 1.29 is 4.92 Å². The van der Waals surface area contributed by atoms with E-state index in [-0.39, 0.29) is 11.7 Å². The first-order chi connectivity index (χ1) is 8.08. The van der Waals surface area contributed by atoms with Crippen molar-refractivity contribution in [3.05, 3.63) is 27.0 Å². The molecule has 0 radical (unpaired) electrons. The number of nitrogens with one attached hydrogen (secondary N) is 1. The highest BCUT2D eigenvalue weighted by Crippen LogP contribution is 2.32. The summed E-state index contributed by atoms with van der Waals surface area (Å²) in [5, 5.41) is 14.1. The quantitative estimate of drug-likeness (QED) is 0.681. The van der Waals surface area contributed by atoms with Gasteiger partial charge in [0.2, 0.25) is 0 Å². The van der Waals surface area contributed by atoms with Crippen molar-refractivity contribution in [3.63, 3.8) is 0 Å². The maximum absolute atomic E-state index is 10.9. The zero-order chi connectivity index (χ0) is 12.4. The molecule has 1 unspecified atom stereocenters. The Labute approximate surface area is 107 Å². The van der Waals surface area contributed by atoms with Gasteiger partial charge in [-0.3, -0.25) is 15.1 Å². The fourth-order valence-electron chi connectivity index (χ4n) is 1.96. The fourth-order valence-corrected chi connectivity index (χ4v) is 2.40. The molecule has 2 rings (SSSR count). The summed E-state index contributed by atoms with van der Waals surface area (Å²) in [6.45, 7) is 1.90. The Balaban J connectivity index is 2.22. The summed E-state index contributed by atoms with van der Waals surface area (Å²) >= 11 is 3.29. The Hall–Kier alpha value is -1.21. The molecule has 0 saturated carbocycles. The van der Waals surface area contributed by atoms with Crippen molar-refractivity contribution in [1.29, 1.82) is 0 Å². The first-order valence-corrected chi connectivity index (χ1v) is 6.10. The molecular weight excluding hydrogens is 288 g/mol. The summed E-state index contributed by atoms with van der Waals surface area (Å²) in [6, 6.07) is 0.248. The van der Waals surface area contributed by atoms with Gasteiger partial charge in [-0.2, -0.15) is 0 Å². The SMILES string of the molecule is CN1CCC(Nc2c(Br)cncc2[N+](=O)[O-])C1. The number of rotatable bonds is 3. The van der Waals surface area contributed by atoms with Crippen LogP contribution < -0.4 is 5.32 Å². The largest absolute Gasteiger partial charge is 0.374 e. The molecule has 0 bridgehead atoms. The van der Waals surface area contributed by atoms with Gasteiger partial charge >= 0.3 is 5.69 Å². The number of hydrogen-bond donors (Lipinski definition) is 1. The number of anilines is 1. The van der Waals surface area contributed by atoms with Crippen molar-refractivity contribution in [1.82, 2.24) is 9.88 Å². The van der Waals surface area contributed by atoms with Crippen molar-refractivity contribution >= 4 is 27.3 Å². The van der Waals surface area contributed by atoms with Gasteiger partial charge in [0.1, 0.15) is 11.9 Å². The first kappa shape index (κ1) is 12.3. The predicted octanol–water partition coefficient (Wildman–Crippen LogP) is 1.87. The van der Waals surface area contributed by atoms with E-state index in [0.29, 0.717) is 10.2 Å². The summed E-state index contributed by atoms with van der Waals surface area (Å²) in [6.07, 6.45) is 3.82. The molecule has 1 atom stereocenters. The number of aromatic nitrogens is 1. The highest BCUT2D eigenvalue weighted by molar-refractivity contribution is 9.10. The van der Waals surface area contributed by atoms with E-state index in [1.54, 1.807) is 6.20 Å². The number of nitrogens with zero attached hydrogens (tertiary/aromatic N) is 3. The third-order valence-electron chi connectivity index (χ3n) is 2.82. The summed E-state index contributed by atoms with van der Waals surface area (Å²) in [5.74, 6) is 0. The average Bonchev–Trinajstić information content (AvgIpc) is 2.67. The van der Waals surface area contributed by atoms with Crippen LogP contribution in [0.25, 0.3) is 0 Å². The van der Waals surface area contributed by atoms with Gasteiger partial charge < -0.3 is 10.2 Å². The van der Waals surface area contributed by atoms with E-state index in [1.165, 1.54) is 6.20 Å². The number of nitro groups is 1. The molecular formula is C10H13BrN4O2. The zero-order valence-corrected chi connectivity index (χ0v) is 11.0. The van der Waals surface area contributed by atoms with Crippen LogP contribution in [-0.4, -0.2) is 41.0 Å². The molecule has 1 aliphatic heterocycles. The Morgan fingerprint density at radius 2 is 2.41 bits per heavy atom. The number of hydrogen-bond acceptors (Lipinski definition) is 5. The van der Waals surface area contributed by atoms with E-state index in [1.807, 2.05) is 7.05 Å². The highest BCUT2D eigenvalue weighted by atomic mass is 79.9. The predicted molar refractivity (Wildman–Crippen MR) is 68.1 cm³/mol. The van der Waals surface area contributed by atoms with Crippen LogP contribution in [-0.2, 0) is 0 Å². The maximum Gasteiger partial charge on any atom is 0.311 e. The van der Waals surface area contributed by atoms with Crippen molar-refractivity contribution in [2.75, 3.05) is 25.5 Å². The monoisotopic (exact) mass is 300 g/mol. The second-order valence-electron chi connectivity index (χ2n) is 4.16. The molecule has 92 valence electrons. The lowest BCUT2D eigenvalue weighted by molar-refractivity contribution is -0.384. The van der Waals surface area contributed by atoms with Crippen LogP contribution >= 0.6 is 15.9 Å². The molecule has 0 spiro atoms. The van der Waals surface area contributed by atoms with Gasteiger partial charge in [0.25, 0.3) is 0 Å². The molecule has 1 aromatic rings. The van der Waals surface area contributed by atoms with Crippen LogP contribution in [0.15, 0.2) is 16.9 Å². The molecule has 1 aromatic heterocycles. The lowest BCUT2D eigenvalue weighted by atomic mass is 10.2. The van der Waals surface area contributed by atoms with E-state index < -0.39 is 4.92 Å². The van der Waals surface area contributed by atoms with Gasteiger partial charge in [0, 0.05) is 18.8 Å². The van der Waals surface area contributed by atoms with Crippen LogP contribution in [0.3, 0.4) is 0 Å². The maximum atomic E-state index is 10.9. The fraction of sp³-hybridized carbons (Fsp3) is 0.500. The van der Waals surface area contributed by atoms with Gasteiger partial charge in [0.05, 0.1) is 9.40 Å². The normalized spacial score (nSPS) is 20.5. The van der Waals surface area contributed by atoms with Crippen LogP contribution in [0.4, 0.5) is 11.4 Å². The molecule has 1 aliphatic rings. The van der Waals surface area contributed by atoms with Crippen LogP contribution in [0, 0.1) is 10.1 Å². The summed E-state index contributed by atoms with van der Waals surface area (Å²) in [7, 11) is 2.04. The average molecular weight is 301 g/mol. The highest BCUT2D eigenvalue weighted by Gasteiger charge is 2.24. The number of likely N-dealkylation sites (N-methyl/N-ethyl adjacent to an activating group) is 1. The van der Waals surface area contributed by atoms with Crippen LogP contribution in [0.1, 0.15) is 6.42 Å². The topological polar surface area (TPSA) is 71.3 Å². The van der Waals surface area contributed by atoms with Gasteiger partial charge in [-0.05, 0) is 35.9 Å². The van der Waals surface area contributed by atoms with E-state index >= 15 is 0 Å². The van der Waals surface area contributed by atoms with Gasteiger partial charge in [-0.1, -0.05) is 0 Å². The number of likely N-dealkylation sites (tertiary alicyclic amines) is 1. The lowest BCUT2D eigenvalue weighted by Gasteiger charge is -2.15. The Bertz CT molecular complexity index is 440. The van der Waals surface area contributed by atoms with E-state index in [9.17, 15) is 10.1 Å². The molecule has 1 saturated heterocycles. The van der Waals surface area contributed by atoms with Gasteiger partial charge in [-0.25, -0.2) is 0 Å². The second kappa shape index (κ2) is 4.97. The van der Waals surface area contributed by atoms with Crippen LogP contribution in [0.2, 0.25) is 0 Å². The molecule has 1 fully saturated rings. The van der Waals surface area contributed by atoms with Crippen LogP contribution in [0.5, 0.6) is 0 Å². The van der Waals surface area contributed by atoms with Crippen molar-refractivity contribution in [2.45, 2.75) is 12.5 Å². The van der Waals surface area contributed by atoms with Crippen molar-refractivity contribution in [2.24, 2.45) is 0 Å². The number of pyridine rings is 1. The summed E-state index contributed by atoms with van der Waals surface area (Å²) in [5.41, 5.74) is 0.527. The lowest BCUT2D eigenvalue weighted by Crippen LogP contribution is -2.24. The first-order valence-electron chi connectivity index (χ1n) is 5.31. The van der Waals surface area contributed by atoms with Gasteiger partial charge in [0.15, 0.2) is 0 Å². The minimum absolute atomic E-state index is 0.00827.